The Bertz CT molecular complexity index is 3590. The molecule has 0 aliphatic rings. The first kappa shape index (κ1) is 31.1. The second-order valence-corrected chi connectivity index (χ2v) is 15.2. The molecule has 0 aliphatic carbocycles. The third-order valence-electron chi connectivity index (χ3n) is 12.2. The van der Waals surface area contributed by atoms with E-state index in [2.05, 4.69) is 206 Å². The molecule has 0 fully saturated rings. The number of hydrogen-bond donors (Lipinski definition) is 0. The predicted octanol–water partition coefficient (Wildman–Crippen LogP) is 15.9. The average molecular weight is 707 g/mol. The van der Waals surface area contributed by atoms with Crippen molar-refractivity contribution in [2.24, 2.45) is 0 Å². The van der Waals surface area contributed by atoms with E-state index in [0.717, 1.165) is 0 Å². The molecule has 12 rings (SSSR count). The minimum absolute atomic E-state index is 1.21. The van der Waals surface area contributed by atoms with Crippen molar-refractivity contribution in [1.82, 2.24) is 0 Å². The molecule has 12 aromatic carbocycles. The van der Waals surface area contributed by atoms with Crippen LogP contribution >= 0.6 is 0 Å². The molecular formula is C56H34. The summed E-state index contributed by atoms with van der Waals surface area (Å²) in [5, 5.41) is 20.6. The third kappa shape index (κ3) is 4.66. The Labute approximate surface area is 324 Å². The van der Waals surface area contributed by atoms with Gasteiger partial charge in [-0.05, 0) is 150 Å². The van der Waals surface area contributed by atoms with Crippen molar-refractivity contribution >= 4 is 86.2 Å². The van der Waals surface area contributed by atoms with E-state index in [1.807, 2.05) is 0 Å². The number of hydrogen-bond acceptors (Lipinski definition) is 0. The molecule has 0 heterocycles. The van der Waals surface area contributed by atoms with E-state index >= 15 is 0 Å². The van der Waals surface area contributed by atoms with Crippen molar-refractivity contribution in [1.29, 1.82) is 0 Å². The Kier molecular flexibility index (Phi) is 6.73. The molecule has 0 saturated heterocycles. The molecule has 0 atom stereocenters. The van der Waals surface area contributed by atoms with E-state index in [-0.39, 0.29) is 0 Å². The summed E-state index contributed by atoms with van der Waals surface area (Å²) in [6.45, 7) is 0. The second kappa shape index (κ2) is 12.1. The lowest BCUT2D eigenvalue weighted by Gasteiger charge is -2.16. The molecule has 56 heavy (non-hydrogen) atoms. The highest BCUT2D eigenvalue weighted by Gasteiger charge is 2.16. The minimum atomic E-state index is 1.21. The van der Waals surface area contributed by atoms with Crippen LogP contribution in [-0.2, 0) is 0 Å². The summed E-state index contributed by atoms with van der Waals surface area (Å²) in [6.07, 6.45) is 0. The van der Waals surface area contributed by atoms with Crippen LogP contribution in [0.25, 0.3) is 120 Å². The van der Waals surface area contributed by atoms with Gasteiger partial charge in [0.1, 0.15) is 0 Å². The smallest absolute Gasteiger partial charge is 0.00199 e. The summed E-state index contributed by atoms with van der Waals surface area (Å²) in [4.78, 5) is 0. The molecule has 0 radical (unpaired) electrons. The highest BCUT2D eigenvalue weighted by Crippen LogP contribution is 2.44. The van der Waals surface area contributed by atoms with E-state index in [1.54, 1.807) is 0 Å². The molecular weight excluding hydrogens is 673 g/mol. The normalized spacial score (nSPS) is 11.9. The van der Waals surface area contributed by atoms with E-state index < -0.39 is 0 Å². The van der Waals surface area contributed by atoms with E-state index in [9.17, 15) is 0 Å². The zero-order valence-electron chi connectivity index (χ0n) is 30.6. The molecule has 0 amide bonds. The molecule has 258 valence electrons. The molecule has 0 spiro atoms. The molecule has 0 N–H and O–H groups in total. The van der Waals surface area contributed by atoms with Gasteiger partial charge in [-0.25, -0.2) is 0 Å². The van der Waals surface area contributed by atoms with E-state index in [1.165, 1.54) is 120 Å². The summed E-state index contributed by atoms with van der Waals surface area (Å²) in [6, 6.07) is 76.6. The van der Waals surface area contributed by atoms with E-state index in [0.29, 0.717) is 0 Å². The number of rotatable bonds is 3. The first-order valence-electron chi connectivity index (χ1n) is 19.5. The minimum Gasteiger partial charge on any atom is -0.0616 e. The molecule has 12 aromatic rings. The van der Waals surface area contributed by atoms with Crippen LogP contribution in [0, 0.1) is 0 Å². The average Bonchev–Trinajstić information content (AvgIpc) is 3.28. The fourth-order valence-electron chi connectivity index (χ4n) is 9.58. The van der Waals surface area contributed by atoms with E-state index in [4.69, 9.17) is 0 Å². The Morgan fingerprint density at radius 3 is 1.36 bits per heavy atom. The highest BCUT2D eigenvalue weighted by molar-refractivity contribution is 6.33. The quantitative estimate of drug-likeness (QED) is 0.160. The van der Waals surface area contributed by atoms with Gasteiger partial charge in [-0.3, -0.25) is 0 Å². The van der Waals surface area contributed by atoms with Crippen LogP contribution in [-0.4, -0.2) is 0 Å². The van der Waals surface area contributed by atoms with Crippen LogP contribution in [0.4, 0.5) is 0 Å². The van der Waals surface area contributed by atoms with Gasteiger partial charge in [0.15, 0.2) is 0 Å². The van der Waals surface area contributed by atoms with Crippen LogP contribution in [0.3, 0.4) is 0 Å². The largest absolute Gasteiger partial charge is 0.0616 e. The Hall–Kier alpha value is -7.28. The van der Waals surface area contributed by atoms with Gasteiger partial charge in [-0.2, -0.15) is 0 Å². The molecule has 0 aromatic heterocycles. The first-order chi connectivity index (χ1) is 27.8. The Morgan fingerprint density at radius 2 is 0.625 bits per heavy atom. The van der Waals surface area contributed by atoms with Gasteiger partial charge in [0.05, 0.1) is 0 Å². The lowest BCUT2D eigenvalue weighted by atomic mass is 9.87. The van der Waals surface area contributed by atoms with Gasteiger partial charge >= 0.3 is 0 Å². The van der Waals surface area contributed by atoms with Crippen LogP contribution in [0.2, 0.25) is 0 Å². The van der Waals surface area contributed by atoms with Crippen molar-refractivity contribution in [3.63, 3.8) is 0 Å². The van der Waals surface area contributed by atoms with Crippen molar-refractivity contribution < 1.29 is 0 Å². The molecule has 0 unspecified atom stereocenters. The predicted molar refractivity (Wildman–Crippen MR) is 243 cm³/mol. The number of fused-ring (bicyclic) bond motifs is 14. The summed E-state index contributed by atoms with van der Waals surface area (Å²) < 4.78 is 0. The highest BCUT2D eigenvalue weighted by atomic mass is 14.2. The van der Waals surface area contributed by atoms with Crippen LogP contribution in [0.15, 0.2) is 206 Å². The summed E-state index contributed by atoms with van der Waals surface area (Å²) >= 11 is 0. The Balaban J connectivity index is 1.02. The lowest BCUT2D eigenvalue weighted by molar-refractivity contribution is 1.62. The standard InChI is InChI=1S/C56H34/c1-2-15-43-36(12-1)26-29-41-33-52(47-19-6-8-21-49(47)55(41)43)39-14-11-13-37(30-39)38-27-24-35-25-28-40(32-42(35)31-38)53-34-54-46-18-4-3-16-44(46)45-17-5-9-22-50(45)56(54)51-23-10-7-20-48(51)53/h1-34H. The van der Waals surface area contributed by atoms with Gasteiger partial charge < -0.3 is 0 Å². The van der Waals surface area contributed by atoms with Crippen molar-refractivity contribution in [3.05, 3.63) is 206 Å². The lowest BCUT2D eigenvalue weighted by Crippen LogP contribution is -1.89. The zero-order chi connectivity index (χ0) is 36.7. The monoisotopic (exact) mass is 706 g/mol. The van der Waals surface area contributed by atoms with Crippen LogP contribution < -0.4 is 0 Å². The zero-order valence-corrected chi connectivity index (χ0v) is 30.6. The Morgan fingerprint density at radius 1 is 0.179 bits per heavy atom. The molecule has 0 bridgehead atoms. The third-order valence-corrected chi connectivity index (χ3v) is 12.2. The fraction of sp³-hybridized carbons (Fsp3) is 0. The van der Waals surface area contributed by atoms with Crippen LogP contribution in [0.5, 0.6) is 0 Å². The van der Waals surface area contributed by atoms with Crippen LogP contribution in [0.1, 0.15) is 0 Å². The SMILES string of the molecule is c1cc(-c2ccc3ccc(-c4cc5c6ccccc6c6ccccc6c5c5ccccc45)cc3c2)cc(-c2cc3ccc4ccccc4c3c3ccccc23)c1. The molecule has 0 saturated carbocycles. The van der Waals surface area contributed by atoms with Gasteiger partial charge in [-0.15, -0.1) is 0 Å². The maximum absolute atomic E-state index is 2.44. The van der Waals surface area contributed by atoms with Crippen molar-refractivity contribution in [3.8, 4) is 33.4 Å². The maximum Gasteiger partial charge on any atom is -0.00199 e. The fourth-order valence-corrected chi connectivity index (χ4v) is 9.58. The maximum atomic E-state index is 2.44. The number of benzene rings is 12. The molecule has 0 nitrogen and oxygen atoms in total. The van der Waals surface area contributed by atoms with Gasteiger partial charge in [-0.1, -0.05) is 176 Å². The summed E-state index contributed by atoms with van der Waals surface area (Å²) in [5.74, 6) is 0. The van der Waals surface area contributed by atoms with Gasteiger partial charge in [0, 0.05) is 0 Å². The topological polar surface area (TPSA) is 0 Å². The second-order valence-electron chi connectivity index (χ2n) is 15.2. The van der Waals surface area contributed by atoms with Gasteiger partial charge in [0.2, 0.25) is 0 Å². The van der Waals surface area contributed by atoms with Crippen molar-refractivity contribution in [2.45, 2.75) is 0 Å². The molecule has 0 heteroatoms. The molecule has 0 aliphatic heterocycles. The summed E-state index contributed by atoms with van der Waals surface area (Å²) in [5.41, 5.74) is 7.41. The van der Waals surface area contributed by atoms with Crippen molar-refractivity contribution in [2.75, 3.05) is 0 Å². The first-order valence-corrected chi connectivity index (χ1v) is 19.5. The summed E-state index contributed by atoms with van der Waals surface area (Å²) in [7, 11) is 0. The van der Waals surface area contributed by atoms with Gasteiger partial charge in [0.25, 0.3) is 0 Å².